The number of hydrogen-bond donors (Lipinski definition) is 2. The Morgan fingerprint density at radius 1 is 1.04 bits per heavy atom. The van der Waals surface area contributed by atoms with Crippen LogP contribution in [-0.4, -0.2) is 10.9 Å². The average molecular weight is 373 g/mol. The molecule has 0 spiro atoms. The minimum atomic E-state index is -0.169. The summed E-state index contributed by atoms with van der Waals surface area (Å²) in [5.74, 6) is -0.169. The molecule has 0 atom stereocenters. The predicted molar refractivity (Wildman–Crippen MR) is 112 cm³/mol. The normalized spacial score (nSPS) is 10.9. The molecule has 4 aromatic rings. The maximum Gasteiger partial charge on any atom is 0.263 e. The van der Waals surface area contributed by atoms with Crippen LogP contribution in [0.1, 0.15) is 20.8 Å². The van der Waals surface area contributed by atoms with Crippen LogP contribution in [0.4, 0.5) is 5.69 Å². The standard InChI is InChI=1S/C22H19N3OS/c1-14-7-9-15(10-8-14)13-24-21(26)20-19(23)17-11-12-18(25-22(17)27-20)16-5-3-2-4-6-16/h2-12H,13,23H2,1H3,(H,24,26). The number of aryl methyl sites for hydroxylation is 1. The fourth-order valence-electron chi connectivity index (χ4n) is 2.90. The molecule has 1 amide bonds. The first-order valence-electron chi connectivity index (χ1n) is 8.70. The van der Waals surface area contributed by atoms with E-state index in [2.05, 4.69) is 5.32 Å². The van der Waals surface area contributed by atoms with Gasteiger partial charge in [-0.3, -0.25) is 4.79 Å². The van der Waals surface area contributed by atoms with Crippen molar-refractivity contribution < 1.29 is 4.79 Å². The lowest BCUT2D eigenvalue weighted by Gasteiger charge is -2.05. The van der Waals surface area contributed by atoms with Gasteiger partial charge >= 0.3 is 0 Å². The molecule has 0 bridgehead atoms. The number of pyridine rings is 1. The van der Waals surface area contributed by atoms with Gasteiger partial charge in [-0.05, 0) is 24.6 Å². The van der Waals surface area contributed by atoms with Crippen LogP contribution in [0, 0.1) is 6.92 Å². The molecule has 4 nitrogen and oxygen atoms in total. The molecular formula is C22H19N3OS. The molecule has 4 rings (SSSR count). The van der Waals surface area contributed by atoms with Crippen molar-refractivity contribution in [2.24, 2.45) is 0 Å². The lowest BCUT2D eigenvalue weighted by molar-refractivity contribution is 0.0956. The number of aromatic nitrogens is 1. The van der Waals surface area contributed by atoms with Crippen molar-refractivity contribution in [3.05, 3.63) is 82.7 Å². The monoisotopic (exact) mass is 373 g/mol. The predicted octanol–water partition coefficient (Wildman–Crippen LogP) is 4.78. The summed E-state index contributed by atoms with van der Waals surface area (Å²) >= 11 is 1.33. The molecule has 3 N–H and O–H groups in total. The first kappa shape index (κ1) is 17.2. The number of nitrogens with one attached hydrogen (secondary N) is 1. The van der Waals surface area contributed by atoms with Crippen LogP contribution < -0.4 is 11.1 Å². The molecule has 0 aliphatic carbocycles. The van der Waals surface area contributed by atoms with Crippen LogP contribution in [0.5, 0.6) is 0 Å². The van der Waals surface area contributed by atoms with E-state index in [0.717, 1.165) is 27.0 Å². The minimum Gasteiger partial charge on any atom is -0.397 e. The van der Waals surface area contributed by atoms with E-state index in [0.29, 0.717) is 17.1 Å². The third kappa shape index (κ3) is 3.55. The van der Waals surface area contributed by atoms with Gasteiger partial charge in [-0.25, -0.2) is 4.98 Å². The molecule has 5 heteroatoms. The lowest BCUT2D eigenvalue weighted by Crippen LogP contribution is -2.22. The van der Waals surface area contributed by atoms with Crippen molar-refractivity contribution in [1.82, 2.24) is 10.3 Å². The maximum absolute atomic E-state index is 12.6. The number of anilines is 1. The summed E-state index contributed by atoms with van der Waals surface area (Å²) in [7, 11) is 0. The Labute approximate surface area is 161 Å². The van der Waals surface area contributed by atoms with Gasteiger partial charge in [0, 0.05) is 17.5 Å². The van der Waals surface area contributed by atoms with E-state index < -0.39 is 0 Å². The summed E-state index contributed by atoms with van der Waals surface area (Å²) in [6.07, 6.45) is 0. The van der Waals surface area contributed by atoms with E-state index >= 15 is 0 Å². The van der Waals surface area contributed by atoms with Gasteiger partial charge in [-0.1, -0.05) is 60.2 Å². The number of hydrogen-bond acceptors (Lipinski definition) is 4. The second-order valence-electron chi connectivity index (χ2n) is 6.43. The van der Waals surface area contributed by atoms with Crippen molar-refractivity contribution >= 4 is 33.1 Å². The molecule has 0 fully saturated rings. The van der Waals surface area contributed by atoms with Gasteiger partial charge in [0.1, 0.15) is 9.71 Å². The first-order chi connectivity index (χ1) is 13.1. The number of nitrogen functional groups attached to an aromatic ring is 1. The molecule has 2 heterocycles. The van der Waals surface area contributed by atoms with E-state index in [1.807, 2.05) is 73.7 Å². The molecule has 0 radical (unpaired) electrons. The van der Waals surface area contributed by atoms with Crippen molar-refractivity contribution in [3.63, 3.8) is 0 Å². The Morgan fingerprint density at radius 3 is 2.52 bits per heavy atom. The SMILES string of the molecule is Cc1ccc(CNC(=O)c2sc3nc(-c4ccccc4)ccc3c2N)cc1. The van der Waals surface area contributed by atoms with E-state index in [4.69, 9.17) is 10.7 Å². The molecule has 0 unspecified atom stereocenters. The molecule has 0 aliphatic rings. The van der Waals surface area contributed by atoms with Gasteiger partial charge in [-0.15, -0.1) is 11.3 Å². The third-order valence-corrected chi connectivity index (χ3v) is 5.56. The number of carbonyl (C=O) groups is 1. The zero-order valence-corrected chi connectivity index (χ0v) is 15.7. The van der Waals surface area contributed by atoms with E-state index in [9.17, 15) is 4.79 Å². The number of nitrogens with zero attached hydrogens (tertiary/aromatic N) is 1. The fraction of sp³-hybridized carbons (Fsp3) is 0.0909. The Kier molecular flexibility index (Phi) is 4.60. The lowest BCUT2D eigenvalue weighted by atomic mass is 10.1. The van der Waals surface area contributed by atoms with Gasteiger partial charge in [0.2, 0.25) is 0 Å². The van der Waals surface area contributed by atoms with E-state index in [1.54, 1.807) is 0 Å². The molecular weight excluding hydrogens is 354 g/mol. The second-order valence-corrected chi connectivity index (χ2v) is 7.43. The average Bonchev–Trinajstić information content (AvgIpc) is 3.04. The van der Waals surface area contributed by atoms with Gasteiger partial charge in [0.05, 0.1) is 11.4 Å². The van der Waals surface area contributed by atoms with Crippen LogP contribution >= 0.6 is 11.3 Å². The largest absolute Gasteiger partial charge is 0.397 e. The summed E-state index contributed by atoms with van der Waals surface area (Å²) in [6, 6.07) is 21.9. The van der Waals surface area contributed by atoms with Crippen LogP contribution in [0.25, 0.3) is 21.5 Å². The number of benzene rings is 2. The summed E-state index contributed by atoms with van der Waals surface area (Å²) in [5, 5.41) is 3.77. The molecule has 0 aliphatic heterocycles. The molecule has 134 valence electrons. The zero-order chi connectivity index (χ0) is 18.8. The van der Waals surface area contributed by atoms with Crippen molar-refractivity contribution in [2.75, 3.05) is 5.73 Å². The van der Waals surface area contributed by atoms with E-state index in [-0.39, 0.29) is 5.91 Å². The Bertz CT molecular complexity index is 1100. The Morgan fingerprint density at radius 2 is 1.78 bits per heavy atom. The smallest absolute Gasteiger partial charge is 0.263 e. The quantitative estimate of drug-likeness (QED) is 0.541. The summed E-state index contributed by atoms with van der Waals surface area (Å²) < 4.78 is 0. The number of nitrogens with two attached hydrogens (primary N) is 1. The van der Waals surface area contributed by atoms with Crippen molar-refractivity contribution in [2.45, 2.75) is 13.5 Å². The first-order valence-corrected chi connectivity index (χ1v) is 9.51. The van der Waals surface area contributed by atoms with Gasteiger partial charge in [0.15, 0.2) is 0 Å². The third-order valence-electron chi connectivity index (χ3n) is 4.44. The maximum atomic E-state index is 12.6. The number of carbonyl (C=O) groups excluding carboxylic acids is 1. The van der Waals surface area contributed by atoms with Crippen LogP contribution in [0.2, 0.25) is 0 Å². The van der Waals surface area contributed by atoms with Crippen LogP contribution in [0.3, 0.4) is 0 Å². The molecule has 2 aromatic heterocycles. The fourth-order valence-corrected chi connectivity index (χ4v) is 3.91. The van der Waals surface area contributed by atoms with Gasteiger partial charge in [0.25, 0.3) is 5.91 Å². The highest BCUT2D eigenvalue weighted by Gasteiger charge is 2.17. The molecule has 2 aromatic carbocycles. The molecule has 0 saturated carbocycles. The van der Waals surface area contributed by atoms with Gasteiger partial charge < -0.3 is 11.1 Å². The number of thiophene rings is 1. The summed E-state index contributed by atoms with van der Waals surface area (Å²) in [5.41, 5.74) is 10.9. The minimum absolute atomic E-state index is 0.169. The molecule has 0 saturated heterocycles. The van der Waals surface area contributed by atoms with Crippen LogP contribution in [0.15, 0.2) is 66.7 Å². The number of rotatable bonds is 4. The zero-order valence-electron chi connectivity index (χ0n) is 14.9. The highest BCUT2D eigenvalue weighted by Crippen LogP contribution is 2.34. The highest BCUT2D eigenvalue weighted by molar-refractivity contribution is 7.21. The summed E-state index contributed by atoms with van der Waals surface area (Å²) in [6.45, 7) is 2.51. The topological polar surface area (TPSA) is 68.0 Å². The van der Waals surface area contributed by atoms with Crippen LogP contribution in [-0.2, 0) is 6.54 Å². The van der Waals surface area contributed by atoms with E-state index in [1.165, 1.54) is 16.9 Å². The second kappa shape index (κ2) is 7.21. The molecule has 27 heavy (non-hydrogen) atoms. The van der Waals surface area contributed by atoms with Crippen molar-refractivity contribution in [1.29, 1.82) is 0 Å². The Hall–Kier alpha value is -3.18. The highest BCUT2D eigenvalue weighted by atomic mass is 32.1. The number of amides is 1. The summed E-state index contributed by atoms with van der Waals surface area (Å²) in [4.78, 5) is 18.6. The van der Waals surface area contributed by atoms with Gasteiger partial charge in [-0.2, -0.15) is 0 Å². The Balaban J connectivity index is 1.59. The number of fused-ring (bicyclic) bond motifs is 1. The van der Waals surface area contributed by atoms with Crippen molar-refractivity contribution in [3.8, 4) is 11.3 Å².